The Morgan fingerprint density at radius 2 is 1.86 bits per heavy atom. The minimum atomic E-state index is -0.381. The Morgan fingerprint density at radius 1 is 1.09 bits per heavy atom. The van der Waals surface area contributed by atoms with Crippen LogP contribution in [-0.4, -0.2) is 76.5 Å². The smallest absolute Gasteiger partial charge is 0.240 e. The Hall–Kier alpha value is -1.94. The van der Waals surface area contributed by atoms with Crippen molar-refractivity contribution in [3.63, 3.8) is 0 Å². The van der Waals surface area contributed by atoms with Crippen LogP contribution < -0.4 is 5.73 Å². The van der Waals surface area contributed by atoms with E-state index in [9.17, 15) is 10.1 Å². The quantitative estimate of drug-likeness (QED) is 0.706. The third-order valence-electron chi connectivity index (χ3n) is 10.3. The Bertz CT molecular complexity index is 965. The number of fused-ring (bicyclic) bond motifs is 1. The molecule has 2 saturated carbocycles. The van der Waals surface area contributed by atoms with E-state index in [4.69, 9.17) is 5.73 Å². The molecule has 6 rings (SSSR count). The van der Waals surface area contributed by atoms with Crippen molar-refractivity contribution in [2.75, 3.05) is 20.1 Å². The molecule has 6 nitrogen and oxygen atoms in total. The lowest BCUT2D eigenvalue weighted by Crippen LogP contribution is -2.57. The van der Waals surface area contributed by atoms with Gasteiger partial charge in [0.05, 0.1) is 12.1 Å². The summed E-state index contributed by atoms with van der Waals surface area (Å²) < 4.78 is 0. The zero-order valence-electron chi connectivity index (χ0n) is 21.2. The molecule has 1 spiro atoms. The van der Waals surface area contributed by atoms with Crippen LogP contribution in [0.5, 0.6) is 0 Å². The lowest BCUT2D eigenvalue weighted by molar-refractivity contribution is -0.137. The summed E-state index contributed by atoms with van der Waals surface area (Å²) in [6.45, 7) is 2.12. The van der Waals surface area contributed by atoms with Gasteiger partial charge in [0.1, 0.15) is 0 Å². The Morgan fingerprint density at radius 3 is 2.57 bits per heavy atom. The molecule has 1 aromatic rings. The van der Waals surface area contributed by atoms with Gasteiger partial charge in [0, 0.05) is 48.7 Å². The lowest BCUT2D eigenvalue weighted by Gasteiger charge is -2.45. The summed E-state index contributed by atoms with van der Waals surface area (Å²) in [6.07, 6.45) is 10.9. The van der Waals surface area contributed by atoms with Gasteiger partial charge in [0.2, 0.25) is 5.91 Å². The van der Waals surface area contributed by atoms with E-state index in [2.05, 4.69) is 58.1 Å². The van der Waals surface area contributed by atoms with E-state index < -0.39 is 0 Å². The van der Waals surface area contributed by atoms with Crippen LogP contribution in [-0.2, 0) is 4.79 Å². The van der Waals surface area contributed by atoms with Crippen LogP contribution in [0, 0.1) is 17.2 Å². The molecule has 0 unspecified atom stereocenters. The van der Waals surface area contributed by atoms with E-state index in [0.29, 0.717) is 35.6 Å². The van der Waals surface area contributed by atoms with Crippen molar-refractivity contribution < 1.29 is 4.79 Å². The molecule has 3 heterocycles. The Labute approximate surface area is 210 Å². The molecule has 5 fully saturated rings. The fourth-order valence-corrected chi connectivity index (χ4v) is 7.79. The molecule has 3 saturated heterocycles. The van der Waals surface area contributed by atoms with E-state index in [1.165, 1.54) is 24.8 Å². The third kappa shape index (κ3) is 4.30. The molecule has 0 radical (unpaired) electrons. The van der Waals surface area contributed by atoms with Crippen LogP contribution in [0.4, 0.5) is 0 Å². The van der Waals surface area contributed by atoms with E-state index >= 15 is 0 Å². The van der Waals surface area contributed by atoms with Gasteiger partial charge in [-0.2, -0.15) is 5.26 Å². The number of carbonyl (C=O) groups is 1. The third-order valence-corrected chi connectivity index (χ3v) is 10.3. The highest BCUT2D eigenvalue weighted by Gasteiger charge is 2.55. The van der Waals surface area contributed by atoms with Gasteiger partial charge < -0.3 is 15.5 Å². The highest BCUT2D eigenvalue weighted by atomic mass is 16.2. The average molecular weight is 476 g/mol. The molecule has 2 aliphatic carbocycles. The van der Waals surface area contributed by atoms with Crippen molar-refractivity contribution in [1.82, 2.24) is 14.7 Å². The van der Waals surface area contributed by atoms with Crippen molar-refractivity contribution >= 4 is 5.91 Å². The second-order valence-electron chi connectivity index (χ2n) is 12.3. The number of nitrogens with two attached hydrogens (primary N) is 1. The molecule has 188 valence electrons. The number of hydrogen-bond donors (Lipinski definition) is 1. The Balaban J connectivity index is 1.15. The van der Waals surface area contributed by atoms with Gasteiger partial charge >= 0.3 is 0 Å². The number of nitriles is 1. The second-order valence-corrected chi connectivity index (χ2v) is 12.3. The van der Waals surface area contributed by atoms with Crippen LogP contribution >= 0.6 is 0 Å². The summed E-state index contributed by atoms with van der Waals surface area (Å²) in [5.41, 5.74) is 8.34. The molecule has 1 amide bonds. The predicted molar refractivity (Wildman–Crippen MR) is 136 cm³/mol. The largest absolute Gasteiger partial charge is 0.334 e. The highest BCUT2D eigenvalue weighted by molar-refractivity contribution is 5.82. The normalized spacial score (nSPS) is 38.6. The van der Waals surface area contributed by atoms with E-state index in [1.807, 2.05) is 0 Å². The van der Waals surface area contributed by atoms with E-state index in [1.54, 1.807) is 0 Å². The predicted octanol–water partition coefficient (Wildman–Crippen LogP) is 3.48. The van der Waals surface area contributed by atoms with Crippen molar-refractivity contribution in [1.29, 1.82) is 5.26 Å². The van der Waals surface area contributed by atoms with Crippen molar-refractivity contribution in [2.24, 2.45) is 11.7 Å². The molecule has 5 aliphatic rings. The van der Waals surface area contributed by atoms with Gasteiger partial charge in [-0.25, -0.2) is 0 Å². The molecule has 0 aromatic heterocycles. The first kappa shape index (κ1) is 23.5. The van der Waals surface area contributed by atoms with Gasteiger partial charge in [0.25, 0.3) is 0 Å². The van der Waals surface area contributed by atoms with Gasteiger partial charge in [-0.15, -0.1) is 0 Å². The van der Waals surface area contributed by atoms with Crippen LogP contribution in [0.3, 0.4) is 0 Å². The van der Waals surface area contributed by atoms with Crippen molar-refractivity contribution in [2.45, 2.75) is 106 Å². The number of carbonyl (C=O) groups excluding carboxylic acids is 1. The number of benzene rings is 1. The first-order chi connectivity index (χ1) is 17.0. The van der Waals surface area contributed by atoms with Crippen LogP contribution in [0.25, 0.3) is 0 Å². The highest BCUT2D eigenvalue weighted by Crippen LogP contribution is 2.54. The first-order valence-electron chi connectivity index (χ1n) is 14.0. The maximum absolute atomic E-state index is 13.5. The fraction of sp³-hybridized carbons (Fsp3) is 0.724. The standard InChI is InChI=1S/C29H41N5O/c1-32(26-13-20(14-26)17-30)23-9-10-27(31)28(35)34-24(15-23)7-8-25(34)19-33-18-22(16-29(33)11-12-29)21-5-3-2-4-6-21/h2-6,20,22-27H,7-16,18-19,31H2,1H3/t20?,22-,23+,24-,25+,26?,27+/m1/s1. The molecule has 5 atom stereocenters. The summed E-state index contributed by atoms with van der Waals surface area (Å²) in [5.74, 6) is 1.02. The first-order valence-corrected chi connectivity index (χ1v) is 14.0. The minimum absolute atomic E-state index is 0.190. The molecule has 1 aromatic carbocycles. The van der Waals surface area contributed by atoms with Crippen molar-refractivity contribution in [3.05, 3.63) is 35.9 Å². The number of likely N-dealkylation sites (tertiary alicyclic amines) is 1. The molecular weight excluding hydrogens is 434 g/mol. The van der Waals surface area contributed by atoms with Crippen LogP contribution in [0.15, 0.2) is 30.3 Å². The van der Waals surface area contributed by atoms with Crippen LogP contribution in [0.1, 0.15) is 75.7 Å². The summed E-state index contributed by atoms with van der Waals surface area (Å²) in [4.78, 5) is 21.0. The van der Waals surface area contributed by atoms with Crippen molar-refractivity contribution in [3.8, 4) is 6.07 Å². The van der Waals surface area contributed by atoms with E-state index in [0.717, 1.165) is 58.0 Å². The second kappa shape index (κ2) is 9.18. The minimum Gasteiger partial charge on any atom is -0.334 e. The summed E-state index contributed by atoms with van der Waals surface area (Å²) in [6, 6.07) is 14.6. The lowest BCUT2D eigenvalue weighted by atomic mass is 9.79. The summed E-state index contributed by atoms with van der Waals surface area (Å²) >= 11 is 0. The van der Waals surface area contributed by atoms with Gasteiger partial charge in [-0.1, -0.05) is 30.3 Å². The number of nitrogens with zero attached hydrogens (tertiary/aromatic N) is 4. The SMILES string of the molecule is CN(C1CC(C#N)C1)[C@H]1CC[C@H](N)C(=O)N2[C@H](CC[C@H]2CN2C[C@H](c3ccccc3)CC23CC3)C1. The number of rotatable bonds is 5. The van der Waals surface area contributed by atoms with E-state index in [-0.39, 0.29) is 17.9 Å². The van der Waals surface area contributed by atoms with Gasteiger partial charge in [0.15, 0.2) is 0 Å². The summed E-state index contributed by atoms with van der Waals surface area (Å²) in [5, 5.41) is 9.20. The zero-order chi connectivity index (χ0) is 24.2. The van der Waals surface area contributed by atoms with Gasteiger partial charge in [-0.3, -0.25) is 9.69 Å². The fourth-order valence-electron chi connectivity index (χ4n) is 7.79. The maximum atomic E-state index is 13.5. The number of amides is 1. The average Bonchev–Trinajstić information content (AvgIpc) is 3.38. The number of hydrogen-bond acceptors (Lipinski definition) is 5. The zero-order valence-corrected chi connectivity index (χ0v) is 21.2. The topological polar surface area (TPSA) is 76.6 Å². The molecule has 2 N–H and O–H groups in total. The Kier molecular flexibility index (Phi) is 6.15. The van der Waals surface area contributed by atoms with Gasteiger partial charge in [-0.05, 0) is 82.7 Å². The molecule has 0 bridgehead atoms. The molecule has 3 aliphatic heterocycles. The monoisotopic (exact) mass is 475 g/mol. The maximum Gasteiger partial charge on any atom is 0.240 e. The molecule has 6 heteroatoms. The van der Waals surface area contributed by atoms with Crippen LogP contribution in [0.2, 0.25) is 0 Å². The summed E-state index contributed by atoms with van der Waals surface area (Å²) in [7, 11) is 2.24. The molecular formula is C29H41N5O. The molecule has 35 heavy (non-hydrogen) atoms.